The summed E-state index contributed by atoms with van der Waals surface area (Å²) < 4.78 is 12.6. The molecular weight excluding hydrogens is 362 g/mol. The number of rotatable bonds is 5. The molecule has 0 atom stereocenters. The fourth-order valence-corrected chi connectivity index (χ4v) is 3.74. The number of imidazole rings is 1. The Hall–Kier alpha value is -3.32. The van der Waals surface area contributed by atoms with E-state index in [2.05, 4.69) is 10.3 Å². The van der Waals surface area contributed by atoms with Crippen LogP contribution >= 0.6 is 11.3 Å². The predicted octanol–water partition coefficient (Wildman–Crippen LogP) is 3.75. The number of nitrogens with one attached hydrogen (secondary N) is 2. The zero-order valence-electron chi connectivity index (χ0n) is 14.9. The summed E-state index contributed by atoms with van der Waals surface area (Å²) in [6, 6.07) is 15.0. The predicted molar refractivity (Wildman–Crippen MR) is 105 cm³/mol. The topological polar surface area (TPSA) is 67.5 Å². The Kier molecular flexibility index (Phi) is 4.52. The molecular formula is C20H18N3O3S+. The average Bonchev–Trinajstić information content (AvgIpc) is 3.35. The molecule has 6 nitrogen and oxygen atoms in total. The lowest BCUT2D eigenvalue weighted by atomic mass is 10.1. The monoisotopic (exact) mass is 380 g/mol. The van der Waals surface area contributed by atoms with Gasteiger partial charge in [0.05, 0.1) is 25.3 Å². The number of para-hydroxylation sites is 1. The van der Waals surface area contributed by atoms with Gasteiger partial charge in [-0.2, -0.15) is 0 Å². The Morgan fingerprint density at radius 3 is 2.70 bits per heavy atom. The molecule has 2 N–H and O–H groups in total. The Labute approximate surface area is 160 Å². The quantitative estimate of drug-likeness (QED) is 0.518. The number of nitrogens with zero attached hydrogens (tertiary/aromatic N) is 1. The van der Waals surface area contributed by atoms with Gasteiger partial charge in [0.2, 0.25) is 5.65 Å². The van der Waals surface area contributed by atoms with Gasteiger partial charge < -0.3 is 9.47 Å². The van der Waals surface area contributed by atoms with Crippen molar-refractivity contribution in [1.82, 2.24) is 4.98 Å². The number of ether oxygens (including phenoxy) is 2. The molecule has 0 fully saturated rings. The number of hydrogen-bond donors (Lipinski definition) is 2. The number of anilines is 1. The first-order chi connectivity index (χ1) is 13.2. The number of carbonyl (C=O) groups excluding carboxylic acids is 1. The Bertz CT molecular complexity index is 1100. The van der Waals surface area contributed by atoms with Crippen molar-refractivity contribution in [2.45, 2.75) is 0 Å². The third-order valence-electron chi connectivity index (χ3n) is 4.24. The van der Waals surface area contributed by atoms with E-state index in [-0.39, 0.29) is 5.91 Å². The lowest BCUT2D eigenvalue weighted by Crippen LogP contribution is -2.27. The SMILES string of the molecule is COc1cccc(C(=O)Nc2c(-c3cccs3)[nH]c3cccc[n+]23)c1OC. The van der Waals surface area contributed by atoms with E-state index in [1.165, 1.54) is 7.11 Å². The first kappa shape index (κ1) is 17.1. The maximum absolute atomic E-state index is 13.1. The molecule has 7 heteroatoms. The van der Waals surface area contributed by atoms with Crippen LogP contribution in [-0.4, -0.2) is 25.1 Å². The molecule has 0 aliphatic rings. The lowest BCUT2D eigenvalue weighted by Gasteiger charge is -2.10. The van der Waals surface area contributed by atoms with Gasteiger partial charge in [0.15, 0.2) is 17.2 Å². The van der Waals surface area contributed by atoms with Crippen molar-refractivity contribution in [3.63, 3.8) is 0 Å². The smallest absolute Gasteiger partial charge is 0.315 e. The molecule has 0 spiro atoms. The van der Waals surface area contributed by atoms with E-state index in [1.807, 2.05) is 46.3 Å². The maximum Gasteiger partial charge on any atom is 0.315 e. The first-order valence-electron chi connectivity index (χ1n) is 8.31. The molecule has 1 amide bonds. The molecule has 0 aliphatic carbocycles. The molecule has 3 heterocycles. The summed E-state index contributed by atoms with van der Waals surface area (Å²) in [5.41, 5.74) is 2.14. The molecule has 4 rings (SSSR count). The van der Waals surface area contributed by atoms with Gasteiger partial charge in [-0.05, 0) is 29.6 Å². The fraction of sp³-hybridized carbons (Fsp3) is 0.100. The van der Waals surface area contributed by atoms with Crippen molar-refractivity contribution in [3.8, 4) is 22.1 Å². The van der Waals surface area contributed by atoms with Crippen LogP contribution in [0.5, 0.6) is 11.5 Å². The van der Waals surface area contributed by atoms with Crippen LogP contribution in [0, 0.1) is 0 Å². The second kappa shape index (κ2) is 7.13. The van der Waals surface area contributed by atoms with Crippen LogP contribution in [-0.2, 0) is 0 Å². The number of hydrogen-bond acceptors (Lipinski definition) is 4. The summed E-state index contributed by atoms with van der Waals surface area (Å²) in [6.45, 7) is 0. The van der Waals surface area contributed by atoms with Crippen molar-refractivity contribution in [2.24, 2.45) is 0 Å². The molecule has 0 saturated carbocycles. The van der Waals surface area contributed by atoms with E-state index in [1.54, 1.807) is 36.6 Å². The maximum atomic E-state index is 13.1. The van der Waals surface area contributed by atoms with Gasteiger partial charge in [-0.25, -0.2) is 9.72 Å². The highest BCUT2D eigenvalue weighted by atomic mass is 32.1. The van der Waals surface area contributed by atoms with Crippen molar-refractivity contribution in [3.05, 3.63) is 65.7 Å². The molecule has 1 aromatic carbocycles. The molecule has 0 unspecified atom stereocenters. The van der Waals surface area contributed by atoms with E-state index < -0.39 is 0 Å². The molecule has 4 aromatic rings. The third-order valence-corrected chi connectivity index (χ3v) is 5.13. The second-order valence-corrected chi connectivity index (χ2v) is 6.72. The standard InChI is InChI=1S/C20H17N3O3S/c1-25-14-8-5-7-13(18(14)26-2)20(24)22-19-17(15-9-6-12-27-15)21-16-10-3-4-11-23(16)19/h3-12H,1-2H3,(H,22,24)/p+1. The minimum atomic E-state index is -0.277. The number of aromatic nitrogens is 2. The van der Waals surface area contributed by atoms with Crippen molar-refractivity contribution >= 4 is 28.7 Å². The first-order valence-corrected chi connectivity index (χ1v) is 9.19. The third kappa shape index (κ3) is 3.02. The van der Waals surface area contributed by atoms with E-state index in [9.17, 15) is 4.79 Å². The lowest BCUT2D eigenvalue weighted by molar-refractivity contribution is -0.493. The van der Waals surface area contributed by atoms with Gasteiger partial charge in [0.1, 0.15) is 5.56 Å². The van der Waals surface area contributed by atoms with Gasteiger partial charge in [-0.15, -0.1) is 11.3 Å². The number of H-pyrrole nitrogens is 1. The number of methoxy groups -OCH3 is 2. The highest BCUT2D eigenvalue weighted by Crippen LogP contribution is 2.33. The van der Waals surface area contributed by atoms with Crippen LogP contribution < -0.4 is 19.2 Å². The molecule has 0 saturated heterocycles. The van der Waals surface area contributed by atoms with Crippen LogP contribution in [0.1, 0.15) is 10.4 Å². The van der Waals surface area contributed by atoms with Gasteiger partial charge in [0.25, 0.3) is 5.82 Å². The number of carbonyl (C=O) groups is 1. The van der Waals surface area contributed by atoms with Crippen molar-refractivity contribution < 1.29 is 18.7 Å². The van der Waals surface area contributed by atoms with E-state index >= 15 is 0 Å². The fourth-order valence-electron chi connectivity index (χ4n) is 3.01. The molecule has 0 radical (unpaired) electrons. The van der Waals surface area contributed by atoms with E-state index in [4.69, 9.17) is 9.47 Å². The number of amides is 1. The highest BCUT2D eigenvalue weighted by molar-refractivity contribution is 7.13. The van der Waals surface area contributed by atoms with E-state index in [0.29, 0.717) is 22.9 Å². The van der Waals surface area contributed by atoms with Gasteiger partial charge in [-0.1, -0.05) is 18.2 Å². The highest BCUT2D eigenvalue weighted by Gasteiger charge is 2.26. The van der Waals surface area contributed by atoms with Crippen LogP contribution in [0.2, 0.25) is 0 Å². The summed E-state index contributed by atoms with van der Waals surface area (Å²) in [4.78, 5) is 17.5. The average molecular weight is 380 g/mol. The minimum Gasteiger partial charge on any atom is -0.493 e. The van der Waals surface area contributed by atoms with Crippen LogP contribution in [0.15, 0.2) is 60.1 Å². The molecule has 0 aliphatic heterocycles. The van der Waals surface area contributed by atoms with Crippen molar-refractivity contribution in [2.75, 3.05) is 19.5 Å². The number of benzene rings is 1. The summed E-state index contributed by atoms with van der Waals surface area (Å²) in [6.07, 6.45) is 1.90. The van der Waals surface area contributed by atoms with E-state index in [0.717, 1.165) is 16.2 Å². The number of aromatic amines is 1. The zero-order valence-corrected chi connectivity index (χ0v) is 15.7. The molecule has 0 bridgehead atoms. The number of pyridine rings is 1. The van der Waals surface area contributed by atoms with Gasteiger partial charge >= 0.3 is 5.91 Å². The van der Waals surface area contributed by atoms with Crippen molar-refractivity contribution in [1.29, 1.82) is 0 Å². The van der Waals surface area contributed by atoms with Gasteiger partial charge in [-0.3, -0.25) is 9.78 Å². The van der Waals surface area contributed by atoms with Crippen LogP contribution in [0.3, 0.4) is 0 Å². The minimum absolute atomic E-state index is 0.277. The number of fused-ring (bicyclic) bond motifs is 1. The molecule has 136 valence electrons. The number of thiophene rings is 1. The second-order valence-electron chi connectivity index (χ2n) is 5.78. The molecule has 3 aromatic heterocycles. The molecule has 27 heavy (non-hydrogen) atoms. The van der Waals surface area contributed by atoms with Crippen LogP contribution in [0.4, 0.5) is 5.82 Å². The zero-order chi connectivity index (χ0) is 18.8. The van der Waals surface area contributed by atoms with Gasteiger partial charge in [0, 0.05) is 6.07 Å². The summed E-state index contributed by atoms with van der Waals surface area (Å²) in [7, 11) is 3.07. The Morgan fingerprint density at radius 1 is 1.07 bits per heavy atom. The Morgan fingerprint density at radius 2 is 1.96 bits per heavy atom. The normalized spacial score (nSPS) is 10.7. The Balaban J connectivity index is 1.80. The van der Waals surface area contributed by atoms with Crippen LogP contribution in [0.25, 0.3) is 16.2 Å². The summed E-state index contributed by atoms with van der Waals surface area (Å²) in [5.74, 6) is 1.30. The summed E-state index contributed by atoms with van der Waals surface area (Å²) >= 11 is 1.60. The summed E-state index contributed by atoms with van der Waals surface area (Å²) in [5, 5.41) is 5.03. The largest absolute Gasteiger partial charge is 0.493 e.